The average Bonchev–Trinajstić information content (AvgIpc) is 1.53. The molecule has 21 N–H and O–H groups in total. The van der Waals surface area contributed by atoms with Crippen LogP contribution in [0.4, 0.5) is 33.5 Å². The molecule has 17 aromatic rings. The molecule has 4 aliphatic heterocycles. The number of aryl methyl sites for hydroxylation is 13. The number of nitrogens with one attached hydrogen (secondary N) is 1. The highest BCUT2D eigenvalue weighted by molar-refractivity contribution is 6.32. The van der Waals surface area contributed by atoms with Crippen LogP contribution in [0.3, 0.4) is 0 Å². The zero-order valence-electron chi connectivity index (χ0n) is 76.8. The first-order chi connectivity index (χ1) is 64.2. The second-order valence-electron chi connectivity index (χ2n) is 32.7. The van der Waals surface area contributed by atoms with Gasteiger partial charge in [-0.25, -0.2) is 34.3 Å². The number of amidine groups is 3. The Balaban J connectivity index is 0.000000133. The molecule has 1 aliphatic carbocycles. The number of benzene rings is 9. The number of amides is 2. The smallest absolute Gasteiger partial charge is 0.251 e. The van der Waals surface area contributed by atoms with Crippen molar-refractivity contribution in [3.63, 3.8) is 0 Å². The van der Waals surface area contributed by atoms with Gasteiger partial charge >= 0.3 is 0 Å². The first-order valence-electron chi connectivity index (χ1n) is 43.3. The van der Waals surface area contributed by atoms with Crippen molar-refractivity contribution < 1.29 is 28.2 Å². The van der Waals surface area contributed by atoms with Crippen LogP contribution in [0, 0.1) is 82.0 Å². The Morgan fingerprint density at radius 2 is 0.925 bits per heavy atom. The number of nitrogens with two attached hydrogens (primary N) is 10. The van der Waals surface area contributed by atoms with E-state index in [4.69, 9.17) is 83.1 Å². The van der Waals surface area contributed by atoms with E-state index in [2.05, 4.69) is 117 Å². The van der Waals surface area contributed by atoms with Gasteiger partial charge < -0.3 is 76.9 Å². The molecule has 9 aromatic carbocycles. The molecular formula is C105H110ClFN22O5. The van der Waals surface area contributed by atoms with E-state index >= 15 is 0 Å². The molecule has 0 saturated carbocycles. The highest BCUT2D eigenvalue weighted by Gasteiger charge is 2.20. The van der Waals surface area contributed by atoms with Crippen molar-refractivity contribution in [3.05, 3.63) is 370 Å². The van der Waals surface area contributed by atoms with E-state index in [1.165, 1.54) is 70.8 Å². The van der Waals surface area contributed by atoms with Gasteiger partial charge in [-0.2, -0.15) is 0 Å². The molecule has 0 unspecified atom stereocenters. The number of aliphatic imine (C=N–C) groups is 1. The molecule has 8 aromatic heterocycles. The lowest BCUT2D eigenvalue weighted by molar-refractivity contribution is 0.0963. The second kappa shape index (κ2) is 45.0. The van der Waals surface area contributed by atoms with Crippen LogP contribution in [-0.2, 0) is 55.4 Å². The van der Waals surface area contributed by atoms with Crippen molar-refractivity contribution >= 4 is 135 Å². The fourth-order valence-electron chi connectivity index (χ4n) is 14.9. The third kappa shape index (κ3) is 25.3. The number of pyridine rings is 7. The molecule has 12 heterocycles. The molecule has 0 bridgehead atoms. The summed E-state index contributed by atoms with van der Waals surface area (Å²) in [4.78, 5) is 65.1. The molecule has 0 fully saturated rings. The van der Waals surface area contributed by atoms with Crippen molar-refractivity contribution in [2.45, 2.75) is 135 Å². The molecule has 5 aliphatic rings. The van der Waals surface area contributed by atoms with Crippen molar-refractivity contribution in [2.75, 3.05) is 28.7 Å². The number of nitrogen functional groups attached to an aromatic ring is 5. The van der Waals surface area contributed by atoms with Crippen molar-refractivity contribution in [1.82, 2.24) is 45.4 Å². The first kappa shape index (κ1) is 97.0. The van der Waals surface area contributed by atoms with E-state index in [9.17, 15) is 14.0 Å². The maximum atomic E-state index is 13.1. The van der Waals surface area contributed by atoms with E-state index < -0.39 is 5.91 Å². The van der Waals surface area contributed by atoms with Gasteiger partial charge in [-0.05, 0) is 301 Å². The molecule has 29 heteroatoms. The van der Waals surface area contributed by atoms with Crippen LogP contribution in [0.25, 0.3) is 65.1 Å². The Bertz CT molecular complexity index is 7180. The van der Waals surface area contributed by atoms with Gasteiger partial charge in [0.2, 0.25) is 5.91 Å². The molecule has 0 saturated heterocycles. The summed E-state index contributed by atoms with van der Waals surface area (Å²) in [5.41, 5.74) is 82.5. The van der Waals surface area contributed by atoms with E-state index in [0.29, 0.717) is 84.0 Å². The van der Waals surface area contributed by atoms with Gasteiger partial charge in [-0.15, -0.1) is 0 Å². The number of oxime groups is 2. The number of fused-ring (bicyclic) bond motifs is 11. The fraction of sp³-hybridized carbons (Fsp3) is 0.190. The van der Waals surface area contributed by atoms with Crippen LogP contribution < -0.4 is 62.7 Å². The van der Waals surface area contributed by atoms with Gasteiger partial charge in [0, 0.05) is 132 Å². The normalized spacial score (nSPS) is 12.4. The number of carbonyl (C=O) groups is 2. The second-order valence-corrected chi connectivity index (χ2v) is 33.2. The number of nitrogens with zero attached hydrogens (tertiary/aromatic N) is 11. The third-order valence-electron chi connectivity index (χ3n) is 22.4. The van der Waals surface area contributed by atoms with Gasteiger partial charge in [0.15, 0.2) is 28.7 Å². The first-order valence-corrected chi connectivity index (χ1v) is 43.7. The summed E-state index contributed by atoms with van der Waals surface area (Å²) in [5, 5.41) is 24.0. The standard InChI is InChI=1S/C11H11N3O.C11H13N3.C10H9ClN2.C10H9FN2.C10H13N.2C9H10N2O.C9H10N2.C9H8N2.C9H9NO.C8H8N2O/c1-6-4-9-7(2-3-14-10(9)12)5-8(6)11(13)15;1-7-4-10-8(5-9(7)6-12)2-3-14-11(10)13;2*1-6-4-8-7(5-9(6)11)2-3-13-10(8)12;1-8-6-7-9-4-2-3-5-10(9)11-8;1-6-2-3-8-7(4-6)5-12-11-9(8)10;1-6-2-3-7-5-12-11-9(10)8(7)4-6;1-6-2-3-7-5-11-9(10)8(7)4-6;1-7-4-5-8-3-2-6-10-9(8)11-7;1-6-2-3-7-5-10-9(11)8(7)4-6;1-5-2-3-7-6(4-5)8(9)10-11-7/h2-5H,1H3,(H2,12,14)(H2,13,15);2-5H,6,12H2,1H3,(H2,13,14);2*2-5H,1H3,(H2,12,13);6-7H,2-5H2,1H3;2*2-4H,5H2,1H3,(H2,10,11);2-4H,5H2,1H3,(H2,10,11);2-6H,1H3;2-4H,5H2,1H3,(H,10,11);2-4H,1H3,(H2,9,10). The highest BCUT2D eigenvalue weighted by atomic mass is 35.5. The summed E-state index contributed by atoms with van der Waals surface area (Å²) in [6.07, 6.45) is 13.4. The van der Waals surface area contributed by atoms with Crippen LogP contribution in [0.15, 0.2) is 251 Å². The Morgan fingerprint density at radius 3 is 1.56 bits per heavy atom. The Hall–Kier alpha value is -16.1. The largest absolute Gasteiger partial charge is 0.389 e. The predicted molar refractivity (Wildman–Crippen MR) is 539 cm³/mol. The van der Waals surface area contributed by atoms with Crippen LogP contribution in [0.1, 0.15) is 151 Å². The number of hydrogen-bond acceptors (Lipinski definition) is 25. The van der Waals surface area contributed by atoms with Gasteiger partial charge in [0.25, 0.3) is 5.91 Å². The van der Waals surface area contributed by atoms with E-state index in [1.807, 2.05) is 183 Å². The average molecular weight is 1810 g/mol. The minimum atomic E-state index is -0.426. The number of aromatic nitrogens is 8. The summed E-state index contributed by atoms with van der Waals surface area (Å²) in [6.45, 7) is 24.7. The van der Waals surface area contributed by atoms with Crippen molar-refractivity contribution in [2.24, 2.45) is 44.0 Å². The number of rotatable bonds is 2. The van der Waals surface area contributed by atoms with Crippen LogP contribution in [-0.4, -0.2) is 69.4 Å². The molecule has 0 radical (unpaired) electrons. The van der Waals surface area contributed by atoms with E-state index in [1.54, 1.807) is 62.2 Å². The molecule has 134 heavy (non-hydrogen) atoms. The molecule has 22 rings (SSSR count). The van der Waals surface area contributed by atoms with Gasteiger partial charge in [0.1, 0.15) is 48.1 Å². The predicted octanol–water partition coefficient (Wildman–Crippen LogP) is 18.5. The minimum Gasteiger partial charge on any atom is -0.389 e. The summed E-state index contributed by atoms with van der Waals surface area (Å²) in [7, 11) is 0. The number of anilines is 5. The quantitative estimate of drug-likeness (QED) is 0.0765. The monoisotopic (exact) mass is 1810 g/mol. The topological polar surface area (TPSA) is 478 Å². The number of carbonyl (C=O) groups excluding carboxylic acids is 2. The number of hydrogen-bond donors (Lipinski definition) is 11. The van der Waals surface area contributed by atoms with Crippen LogP contribution >= 0.6 is 11.6 Å². The summed E-state index contributed by atoms with van der Waals surface area (Å²) < 4.78 is 18.0. The maximum Gasteiger partial charge on any atom is 0.251 e. The highest BCUT2D eigenvalue weighted by Crippen LogP contribution is 2.30. The lowest BCUT2D eigenvalue weighted by Gasteiger charge is -2.14. The zero-order chi connectivity index (χ0) is 96.0. The van der Waals surface area contributed by atoms with Crippen molar-refractivity contribution in [1.29, 1.82) is 0 Å². The molecule has 27 nitrogen and oxygen atoms in total. The van der Waals surface area contributed by atoms with E-state index in [0.717, 1.165) is 155 Å². The van der Waals surface area contributed by atoms with Crippen LogP contribution in [0.5, 0.6) is 0 Å². The Morgan fingerprint density at radius 1 is 0.425 bits per heavy atom. The van der Waals surface area contributed by atoms with Gasteiger partial charge in [0.05, 0.1) is 11.9 Å². The minimum absolute atomic E-state index is 0.0590. The summed E-state index contributed by atoms with van der Waals surface area (Å²) in [5.74, 6) is 3.55. The number of halogens is 2. The Labute approximate surface area is 781 Å². The SMILES string of the molecule is Cc1cc2c(N)nccc2cc1C(N)=O.Cc1cc2c(N)nccc2cc1CN.Cc1cc2c(N)nccc2cc1Cl.Cc1cc2c(N)nccc2cc1F.Cc1ccc2c(c1)C(=O)NC2.Cc1ccc2c(c1)C(N)=NC2.Cc1ccc2c(c1)C(N)=NOC2.Cc1ccc2c(c1)CON=C2N.Cc1ccc2c(n1)CCCC2.Cc1ccc2cccnc2n1.Cc1ccc2onc(N)c2c1. The molecule has 0 spiro atoms. The van der Waals surface area contributed by atoms with Gasteiger partial charge in [-0.3, -0.25) is 19.6 Å². The molecular weight excluding hydrogens is 1700 g/mol. The van der Waals surface area contributed by atoms with Gasteiger partial charge in [-0.1, -0.05) is 122 Å². The molecule has 684 valence electrons. The zero-order valence-corrected chi connectivity index (χ0v) is 77.5. The Kier molecular flexibility index (Phi) is 32.6. The molecule has 2 amide bonds. The summed E-state index contributed by atoms with van der Waals surface area (Å²) in [6, 6.07) is 64.6. The van der Waals surface area contributed by atoms with Crippen molar-refractivity contribution in [3.8, 4) is 0 Å². The maximum absolute atomic E-state index is 13.1. The van der Waals surface area contributed by atoms with E-state index in [-0.39, 0.29) is 11.7 Å². The number of primary amides is 1. The lowest BCUT2D eigenvalue weighted by atomic mass is 9.96. The van der Waals surface area contributed by atoms with Crippen LogP contribution in [0.2, 0.25) is 5.02 Å². The lowest BCUT2D eigenvalue weighted by Crippen LogP contribution is -2.20. The molecule has 0 atom stereocenters. The third-order valence-corrected chi connectivity index (χ3v) is 22.8. The fourth-order valence-corrected chi connectivity index (χ4v) is 15.1. The summed E-state index contributed by atoms with van der Waals surface area (Å²) >= 11 is 5.98.